The Kier molecular flexibility index (Phi) is 30.5. The van der Waals surface area contributed by atoms with Crippen molar-refractivity contribution in [3.8, 4) is 5.75 Å². The fourth-order valence-corrected chi connectivity index (χ4v) is 4.86. The van der Waals surface area contributed by atoms with Gasteiger partial charge in [-0.25, -0.2) is 0 Å². The summed E-state index contributed by atoms with van der Waals surface area (Å²) < 4.78 is 28.0. The predicted octanol–water partition coefficient (Wildman–Crippen LogP) is 6.41. The topological polar surface area (TPSA) is 130 Å². The van der Waals surface area contributed by atoms with E-state index in [1.54, 1.807) is 33.7 Å². The van der Waals surface area contributed by atoms with Crippen molar-refractivity contribution in [1.29, 1.82) is 0 Å². The van der Waals surface area contributed by atoms with Crippen LogP contribution in [0.2, 0.25) is 0 Å². The third-order valence-corrected chi connectivity index (χ3v) is 7.95. The molecule has 0 aromatic heterocycles. The number of hydrogen-bond acceptors (Lipinski definition) is 10. The molecule has 0 bridgehead atoms. The van der Waals surface area contributed by atoms with Crippen LogP contribution in [0.3, 0.4) is 0 Å². The third kappa shape index (κ3) is 28.7. The molecule has 43 heavy (non-hydrogen) atoms. The van der Waals surface area contributed by atoms with Crippen molar-refractivity contribution in [2.24, 2.45) is 5.73 Å². The van der Waals surface area contributed by atoms with E-state index in [-0.39, 0.29) is 39.3 Å². The van der Waals surface area contributed by atoms with Gasteiger partial charge in [-0.2, -0.15) is 0 Å². The van der Waals surface area contributed by atoms with Gasteiger partial charge < -0.3 is 40.1 Å². The molecule has 256 valence electrons. The second kappa shape index (κ2) is 30.2. The summed E-state index contributed by atoms with van der Waals surface area (Å²) in [4.78, 5) is 24.0. The summed E-state index contributed by atoms with van der Waals surface area (Å²) in [6.07, 6.45) is 3.97. The lowest BCUT2D eigenvalue weighted by Gasteiger charge is -2.22. The van der Waals surface area contributed by atoms with E-state index in [0.29, 0.717) is 70.8 Å². The number of carbonyl (C=O) groups is 2. The average molecular weight is 654 g/mol. The highest BCUT2D eigenvalue weighted by molar-refractivity contribution is 8.77. The number of anilines is 1. The molecule has 0 aliphatic carbocycles. The van der Waals surface area contributed by atoms with Crippen molar-refractivity contribution in [1.82, 2.24) is 5.32 Å². The SMILES string of the molecule is C/C=C/CNC(=O)COCCOC(COc1cccc(NC(=O)CCOCCOCCN)c1)SSC(C)(C)C.CC.CC.[HH].[HH].[HH]. The highest BCUT2D eigenvalue weighted by atomic mass is 33.1. The number of rotatable bonds is 22. The highest BCUT2D eigenvalue weighted by Gasteiger charge is 2.18. The third-order valence-electron chi connectivity index (χ3n) is 4.43. The standard InChI is InChI=1S/C27H45N3O7S2.2C2H6.3H2/c1-5-6-12-29-25(32)20-35-17-18-36-26(38-39-27(2,3)4)21-37-23-9-7-8-22(19-23)30-24(31)10-13-33-15-16-34-14-11-28;2*1-2;;;/h5-9,19,26H,10-18,20-21,28H2,1-4H3,(H,29,32)(H,30,31);2*1-2H3;3*1H/b6-5+;;;;;. The van der Waals surface area contributed by atoms with Crippen LogP contribution in [0.5, 0.6) is 5.75 Å². The lowest BCUT2D eigenvalue weighted by molar-refractivity contribution is -0.126. The van der Waals surface area contributed by atoms with E-state index in [1.165, 1.54) is 0 Å². The Morgan fingerprint density at radius 2 is 1.65 bits per heavy atom. The molecule has 1 aromatic rings. The van der Waals surface area contributed by atoms with E-state index in [4.69, 9.17) is 29.4 Å². The summed E-state index contributed by atoms with van der Waals surface area (Å²) in [7, 11) is 3.29. The van der Waals surface area contributed by atoms with Crippen molar-refractivity contribution in [3.05, 3.63) is 36.4 Å². The number of carbonyl (C=O) groups excluding carboxylic acids is 2. The van der Waals surface area contributed by atoms with Crippen molar-refractivity contribution >= 4 is 39.1 Å². The maximum absolute atomic E-state index is 12.2. The molecule has 0 aliphatic heterocycles. The number of nitrogens with two attached hydrogens (primary N) is 1. The molecule has 0 radical (unpaired) electrons. The van der Waals surface area contributed by atoms with Crippen LogP contribution >= 0.6 is 21.6 Å². The Morgan fingerprint density at radius 1 is 0.977 bits per heavy atom. The van der Waals surface area contributed by atoms with Crippen LogP contribution in [0.15, 0.2) is 36.4 Å². The van der Waals surface area contributed by atoms with Crippen LogP contribution in [0.25, 0.3) is 0 Å². The minimum atomic E-state index is -0.259. The first kappa shape index (κ1) is 43.3. The van der Waals surface area contributed by atoms with Gasteiger partial charge in [-0.05, 0) is 19.1 Å². The zero-order valence-corrected chi connectivity index (χ0v) is 29.2. The monoisotopic (exact) mass is 653 g/mol. The minimum absolute atomic E-state index is 0. The van der Waals surface area contributed by atoms with Crippen LogP contribution in [-0.2, 0) is 28.5 Å². The molecule has 0 heterocycles. The van der Waals surface area contributed by atoms with Gasteiger partial charge in [0, 0.05) is 33.9 Å². The first-order chi connectivity index (χ1) is 20.7. The first-order valence-corrected chi connectivity index (χ1v) is 17.2. The number of amides is 2. The van der Waals surface area contributed by atoms with Crippen molar-refractivity contribution in [3.63, 3.8) is 0 Å². The quantitative estimate of drug-likeness (QED) is 0.0559. The molecule has 0 fully saturated rings. The molecule has 1 aromatic carbocycles. The fourth-order valence-electron chi connectivity index (χ4n) is 2.67. The Balaban J connectivity index is -0.000000768. The lowest BCUT2D eigenvalue weighted by atomic mass is 10.3. The Bertz CT molecular complexity index is 856. The maximum atomic E-state index is 12.2. The number of benzene rings is 1. The molecule has 0 aliphatic rings. The Hall–Kier alpha value is -1.80. The smallest absolute Gasteiger partial charge is 0.246 e. The zero-order valence-electron chi connectivity index (χ0n) is 27.6. The van der Waals surface area contributed by atoms with Gasteiger partial charge in [0.05, 0.1) is 46.1 Å². The summed E-state index contributed by atoms with van der Waals surface area (Å²) in [5.41, 5.74) is 5.73. The summed E-state index contributed by atoms with van der Waals surface area (Å²) in [6, 6.07) is 7.22. The predicted molar refractivity (Wildman–Crippen MR) is 188 cm³/mol. The fraction of sp³-hybridized carbons (Fsp3) is 0.677. The van der Waals surface area contributed by atoms with Crippen LogP contribution in [-0.4, -0.2) is 87.9 Å². The van der Waals surface area contributed by atoms with Crippen LogP contribution in [0.1, 0.15) is 66.1 Å². The van der Waals surface area contributed by atoms with Crippen molar-refractivity contribution in [2.45, 2.75) is 72.0 Å². The highest BCUT2D eigenvalue weighted by Crippen LogP contribution is 2.38. The molecule has 2 amide bonds. The summed E-state index contributed by atoms with van der Waals surface area (Å²) in [5.74, 6) is 0.298. The number of allylic oxidation sites excluding steroid dienone is 1. The van der Waals surface area contributed by atoms with Crippen LogP contribution < -0.4 is 21.1 Å². The minimum Gasteiger partial charge on any atom is -0.490 e. The van der Waals surface area contributed by atoms with E-state index < -0.39 is 0 Å². The van der Waals surface area contributed by atoms with Gasteiger partial charge in [0.25, 0.3) is 0 Å². The van der Waals surface area contributed by atoms with E-state index in [0.717, 1.165) is 0 Å². The molecule has 1 unspecified atom stereocenters. The molecule has 12 heteroatoms. The van der Waals surface area contributed by atoms with Crippen molar-refractivity contribution < 1.29 is 37.6 Å². The molecule has 1 atom stereocenters. The average Bonchev–Trinajstić information content (AvgIpc) is 2.99. The Labute approximate surface area is 272 Å². The van der Waals surface area contributed by atoms with Gasteiger partial charge in [0.2, 0.25) is 11.8 Å². The summed E-state index contributed by atoms with van der Waals surface area (Å²) >= 11 is 0. The maximum Gasteiger partial charge on any atom is 0.246 e. The second-order valence-corrected chi connectivity index (χ2v) is 12.4. The largest absolute Gasteiger partial charge is 0.490 e. The normalized spacial score (nSPS) is 11.6. The molecule has 1 rings (SSSR count). The van der Waals surface area contributed by atoms with Gasteiger partial charge in [-0.3, -0.25) is 9.59 Å². The van der Waals surface area contributed by atoms with E-state index >= 15 is 0 Å². The molecule has 4 N–H and O–H groups in total. The Morgan fingerprint density at radius 3 is 2.30 bits per heavy atom. The number of ether oxygens (including phenoxy) is 5. The molecule has 0 spiro atoms. The molecular formula is C31H63N3O7S2. The molecule has 10 nitrogen and oxygen atoms in total. The van der Waals surface area contributed by atoms with Gasteiger partial charge >= 0.3 is 0 Å². The van der Waals surface area contributed by atoms with Gasteiger partial charge in [-0.15, -0.1) is 0 Å². The summed E-state index contributed by atoms with van der Waals surface area (Å²) in [6.45, 7) is 19.8. The molecular weight excluding hydrogens is 590 g/mol. The molecule has 0 saturated carbocycles. The number of hydrogen-bond donors (Lipinski definition) is 3. The van der Waals surface area contributed by atoms with E-state index in [9.17, 15) is 9.59 Å². The number of nitrogens with one attached hydrogen (secondary N) is 2. The first-order valence-electron chi connectivity index (χ1n) is 15.0. The zero-order chi connectivity index (χ0) is 32.8. The van der Waals surface area contributed by atoms with Crippen molar-refractivity contribution in [2.75, 3.05) is 71.3 Å². The van der Waals surface area contributed by atoms with Gasteiger partial charge in [0.15, 0.2) is 0 Å². The summed E-state index contributed by atoms with van der Waals surface area (Å²) in [5, 5.41) is 5.60. The van der Waals surface area contributed by atoms with Crippen LogP contribution in [0.4, 0.5) is 5.69 Å². The lowest BCUT2D eigenvalue weighted by Crippen LogP contribution is -2.28. The van der Waals surface area contributed by atoms with E-state index in [2.05, 4.69) is 31.4 Å². The second-order valence-electron chi connectivity index (χ2n) is 9.17. The van der Waals surface area contributed by atoms with Gasteiger partial charge in [0.1, 0.15) is 24.4 Å². The molecule has 0 saturated heterocycles. The van der Waals surface area contributed by atoms with E-state index in [1.807, 2.05) is 58.9 Å². The van der Waals surface area contributed by atoms with Gasteiger partial charge in [-0.1, -0.05) is 88.3 Å². The van der Waals surface area contributed by atoms with Crippen LogP contribution in [0, 0.1) is 0 Å².